The molecule has 0 unspecified atom stereocenters. The Bertz CT molecular complexity index is 1430. The van der Waals surface area contributed by atoms with E-state index in [9.17, 15) is 14.9 Å². The maximum absolute atomic E-state index is 13.2. The van der Waals surface area contributed by atoms with E-state index in [2.05, 4.69) is 10.4 Å². The van der Waals surface area contributed by atoms with Crippen molar-refractivity contribution in [2.24, 2.45) is 0 Å². The number of halogens is 2. The molecule has 4 rings (SSSR count). The molecule has 1 heterocycles. The lowest BCUT2D eigenvalue weighted by molar-refractivity contribution is -0.384. The number of carbonyl (C=O) groups is 1. The Balaban J connectivity index is 1.66. The lowest BCUT2D eigenvalue weighted by atomic mass is 10.0. The minimum absolute atomic E-state index is 0.0885. The highest BCUT2D eigenvalue weighted by Gasteiger charge is 2.19. The molecule has 0 aliphatic heterocycles. The van der Waals surface area contributed by atoms with Crippen LogP contribution in [0.2, 0.25) is 10.0 Å². The van der Waals surface area contributed by atoms with E-state index in [1.54, 1.807) is 30.3 Å². The second-order valence-electron chi connectivity index (χ2n) is 8.14. The van der Waals surface area contributed by atoms with Crippen molar-refractivity contribution in [3.05, 3.63) is 109 Å². The van der Waals surface area contributed by atoms with E-state index in [1.807, 2.05) is 38.1 Å². The summed E-state index contributed by atoms with van der Waals surface area (Å²) in [5.74, 6) is -0.357. The summed E-state index contributed by atoms with van der Waals surface area (Å²) in [6, 6.07) is 18.9. The highest BCUT2D eigenvalue weighted by atomic mass is 35.5. The Morgan fingerprint density at radius 2 is 1.83 bits per heavy atom. The molecule has 35 heavy (non-hydrogen) atoms. The Morgan fingerprint density at radius 1 is 1.03 bits per heavy atom. The van der Waals surface area contributed by atoms with Gasteiger partial charge in [0, 0.05) is 34.3 Å². The first-order chi connectivity index (χ1) is 16.7. The number of hydrogen-bond acceptors (Lipinski definition) is 4. The molecular formula is C26H22Cl2N4O3. The maximum atomic E-state index is 13.2. The summed E-state index contributed by atoms with van der Waals surface area (Å²) < 4.78 is 1.43. The topological polar surface area (TPSA) is 90.1 Å². The molecule has 1 aromatic heterocycles. The molecule has 4 aromatic rings. The van der Waals surface area contributed by atoms with Crippen LogP contribution in [-0.4, -0.2) is 27.2 Å². The number of hydrogen-bond donors (Lipinski definition) is 1. The van der Waals surface area contributed by atoms with Gasteiger partial charge < -0.3 is 5.32 Å². The molecule has 9 heteroatoms. The van der Waals surface area contributed by atoms with Crippen molar-refractivity contribution < 1.29 is 9.72 Å². The summed E-state index contributed by atoms with van der Waals surface area (Å²) in [6.45, 7) is 4.36. The Kier molecular flexibility index (Phi) is 7.19. The fourth-order valence-corrected chi connectivity index (χ4v) is 4.15. The van der Waals surface area contributed by atoms with E-state index in [0.717, 1.165) is 22.3 Å². The van der Waals surface area contributed by atoms with Gasteiger partial charge in [0.1, 0.15) is 5.69 Å². The maximum Gasteiger partial charge on any atom is 0.271 e. The van der Waals surface area contributed by atoms with Crippen molar-refractivity contribution in [1.82, 2.24) is 15.1 Å². The summed E-state index contributed by atoms with van der Waals surface area (Å²) in [4.78, 5) is 24.0. The average molecular weight is 509 g/mol. The normalized spacial score (nSPS) is 10.9. The van der Waals surface area contributed by atoms with E-state index < -0.39 is 4.92 Å². The van der Waals surface area contributed by atoms with Gasteiger partial charge >= 0.3 is 0 Å². The largest absolute Gasteiger partial charge is 0.350 e. The Labute approximate surface area is 212 Å². The van der Waals surface area contributed by atoms with E-state index in [4.69, 9.17) is 23.2 Å². The molecule has 1 N–H and O–H groups in total. The van der Waals surface area contributed by atoms with Crippen LogP contribution in [-0.2, 0) is 6.42 Å². The number of rotatable bonds is 7. The number of aromatic nitrogens is 2. The lowest BCUT2D eigenvalue weighted by Gasteiger charge is -2.09. The molecule has 0 fully saturated rings. The number of nitrogens with zero attached hydrogens (tertiary/aromatic N) is 3. The number of nitro groups is 1. The van der Waals surface area contributed by atoms with E-state index in [0.29, 0.717) is 34.4 Å². The van der Waals surface area contributed by atoms with Gasteiger partial charge in [0.15, 0.2) is 0 Å². The third kappa shape index (κ3) is 5.53. The molecule has 0 spiro atoms. The first-order valence-electron chi connectivity index (χ1n) is 10.9. The number of benzene rings is 3. The van der Waals surface area contributed by atoms with Crippen LogP contribution in [0.4, 0.5) is 5.69 Å². The summed E-state index contributed by atoms with van der Waals surface area (Å²) >= 11 is 12.2. The van der Waals surface area contributed by atoms with Gasteiger partial charge in [-0.25, -0.2) is 4.68 Å². The number of nitrogens with one attached hydrogen (secondary N) is 1. The molecular weight excluding hydrogens is 487 g/mol. The van der Waals surface area contributed by atoms with Crippen molar-refractivity contribution in [2.75, 3.05) is 6.54 Å². The van der Waals surface area contributed by atoms with Gasteiger partial charge in [0.05, 0.1) is 16.3 Å². The zero-order chi connectivity index (χ0) is 25.1. The number of nitro benzene ring substituents is 1. The summed E-state index contributed by atoms with van der Waals surface area (Å²) in [5.41, 5.74) is 5.13. The first-order valence-corrected chi connectivity index (χ1v) is 11.6. The molecule has 0 radical (unpaired) electrons. The Morgan fingerprint density at radius 3 is 2.54 bits per heavy atom. The van der Waals surface area contributed by atoms with Gasteiger partial charge in [0.2, 0.25) is 0 Å². The summed E-state index contributed by atoms with van der Waals surface area (Å²) in [6.07, 6.45) is 0.511. The van der Waals surface area contributed by atoms with Crippen LogP contribution in [0.5, 0.6) is 0 Å². The third-order valence-corrected chi connectivity index (χ3v) is 6.31. The molecule has 0 saturated carbocycles. The Hall–Kier alpha value is -3.68. The van der Waals surface area contributed by atoms with Crippen molar-refractivity contribution in [3.8, 4) is 16.9 Å². The zero-order valence-corrected chi connectivity index (χ0v) is 20.6. The van der Waals surface area contributed by atoms with E-state index in [1.165, 1.54) is 16.8 Å². The molecule has 0 atom stereocenters. The van der Waals surface area contributed by atoms with Crippen molar-refractivity contribution >= 4 is 34.8 Å². The minimum atomic E-state index is -0.479. The predicted octanol–water partition coefficient (Wildman–Crippen LogP) is 6.34. The van der Waals surface area contributed by atoms with Crippen LogP contribution >= 0.6 is 23.2 Å². The molecule has 1 amide bonds. The minimum Gasteiger partial charge on any atom is -0.350 e. The monoisotopic (exact) mass is 508 g/mol. The van der Waals surface area contributed by atoms with Crippen molar-refractivity contribution in [1.29, 1.82) is 0 Å². The SMILES string of the molecule is Cc1ccc(-c2cc(C(=O)NCCc3ccc(Cl)cc3Cl)n(-c3cccc([N+](=O)[O-])c3)n2)cc1C. The highest BCUT2D eigenvalue weighted by Crippen LogP contribution is 2.26. The molecule has 3 aromatic carbocycles. The smallest absolute Gasteiger partial charge is 0.271 e. The summed E-state index contributed by atoms with van der Waals surface area (Å²) in [7, 11) is 0. The standard InChI is InChI=1S/C26H22Cl2N4O3/c1-16-6-7-19(12-17(16)2)24-15-25(31(30-24)21-4-3-5-22(14-21)32(34)35)26(33)29-11-10-18-8-9-20(27)13-23(18)28/h3-9,12-15H,10-11H2,1-2H3,(H,29,33). The van der Waals surface area contributed by atoms with Gasteiger partial charge in [0.25, 0.3) is 11.6 Å². The average Bonchev–Trinajstić information content (AvgIpc) is 3.28. The van der Waals surface area contributed by atoms with Crippen LogP contribution in [0.25, 0.3) is 16.9 Å². The second-order valence-corrected chi connectivity index (χ2v) is 8.99. The van der Waals surface area contributed by atoms with Gasteiger partial charge in [-0.3, -0.25) is 14.9 Å². The molecule has 7 nitrogen and oxygen atoms in total. The zero-order valence-electron chi connectivity index (χ0n) is 19.1. The predicted molar refractivity (Wildman–Crippen MR) is 138 cm³/mol. The van der Waals surface area contributed by atoms with Crippen molar-refractivity contribution in [2.45, 2.75) is 20.3 Å². The summed E-state index contributed by atoms with van der Waals surface area (Å²) in [5, 5.41) is 19.9. The second kappa shape index (κ2) is 10.3. The van der Waals surface area contributed by atoms with E-state index in [-0.39, 0.29) is 17.3 Å². The molecule has 178 valence electrons. The van der Waals surface area contributed by atoms with Crippen LogP contribution < -0.4 is 5.32 Å². The molecule has 0 bridgehead atoms. The van der Waals surface area contributed by atoms with Gasteiger partial charge in [-0.1, -0.05) is 47.5 Å². The quantitative estimate of drug-likeness (QED) is 0.232. The lowest BCUT2D eigenvalue weighted by Crippen LogP contribution is -2.28. The van der Waals surface area contributed by atoms with E-state index >= 15 is 0 Å². The number of carbonyl (C=O) groups excluding carboxylic acids is 1. The van der Waals surface area contributed by atoms with Crippen LogP contribution in [0.1, 0.15) is 27.2 Å². The molecule has 0 saturated heterocycles. The first kappa shape index (κ1) is 24.4. The number of aryl methyl sites for hydroxylation is 2. The molecule has 0 aliphatic rings. The number of amides is 1. The van der Waals surface area contributed by atoms with Crippen LogP contribution in [0.3, 0.4) is 0 Å². The highest BCUT2D eigenvalue weighted by molar-refractivity contribution is 6.35. The molecule has 0 aliphatic carbocycles. The van der Waals surface area contributed by atoms with Crippen LogP contribution in [0, 0.1) is 24.0 Å². The number of non-ortho nitro benzene ring substituents is 1. The fraction of sp³-hybridized carbons (Fsp3) is 0.154. The van der Waals surface area contributed by atoms with Gasteiger partial charge in [-0.15, -0.1) is 0 Å². The van der Waals surface area contributed by atoms with Crippen LogP contribution in [0.15, 0.2) is 66.7 Å². The van der Waals surface area contributed by atoms with Crippen molar-refractivity contribution in [3.63, 3.8) is 0 Å². The fourth-order valence-electron chi connectivity index (χ4n) is 3.65. The van der Waals surface area contributed by atoms with Gasteiger partial charge in [-0.05, 0) is 67.3 Å². The third-order valence-electron chi connectivity index (χ3n) is 5.72. The van der Waals surface area contributed by atoms with Gasteiger partial charge in [-0.2, -0.15) is 5.10 Å².